The molecule has 3 aromatic rings. The molecule has 0 radical (unpaired) electrons. The van der Waals surface area contributed by atoms with Crippen molar-refractivity contribution in [2.45, 2.75) is 4.90 Å². The van der Waals surface area contributed by atoms with Crippen molar-refractivity contribution in [3.63, 3.8) is 0 Å². The van der Waals surface area contributed by atoms with E-state index < -0.39 is 32.4 Å². The molecule has 0 heterocycles. The first kappa shape index (κ1) is 21.2. The first-order chi connectivity index (χ1) is 14.2. The van der Waals surface area contributed by atoms with E-state index in [1.807, 2.05) is 0 Å². The number of nitro groups is 1. The molecule has 0 aromatic heterocycles. The van der Waals surface area contributed by atoms with Crippen LogP contribution in [0, 0.1) is 15.9 Å². The Morgan fingerprint density at radius 2 is 1.57 bits per heavy atom. The lowest BCUT2D eigenvalue weighted by Gasteiger charge is -2.10. The zero-order chi connectivity index (χ0) is 21.9. The fourth-order valence-corrected chi connectivity index (χ4v) is 3.69. The summed E-state index contributed by atoms with van der Waals surface area (Å²) in [7, 11) is -3.92. The zero-order valence-corrected chi connectivity index (χ0v) is 16.6. The second-order valence-corrected chi connectivity index (χ2v) is 8.10. The van der Waals surface area contributed by atoms with Gasteiger partial charge in [-0.3, -0.25) is 19.6 Å². The van der Waals surface area contributed by atoms with Gasteiger partial charge in [0.15, 0.2) is 0 Å². The molecular formula is C19H13ClFN3O5S. The predicted octanol–water partition coefficient (Wildman–Crippen LogP) is 4.44. The van der Waals surface area contributed by atoms with Gasteiger partial charge in [0.1, 0.15) is 10.8 Å². The average Bonchev–Trinajstić information content (AvgIpc) is 2.70. The first-order valence-electron chi connectivity index (χ1n) is 8.29. The maximum Gasteiger partial charge on any atom is 0.288 e. The summed E-state index contributed by atoms with van der Waals surface area (Å²) in [4.78, 5) is 22.5. The Labute approximate surface area is 175 Å². The van der Waals surface area contributed by atoms with Gasteiger partial charge in [-0.25, -0.2) is 12.8 Å². The third-order valence-corrected chi connectivity index (χ3v) is 5.64. The van der Waals surface area contributed by atoms with Crippen molar-refractivity contribution >= 4 is 44.6 Å². The summed E-state index contributed by atoms with van der Waals surface area (Å²) in [6.07, 6.45) is 0. The number of amides is 1. The Morgan fingerprint density at radius 1 is 0.967 bits per heavy atom. The molecule has 8 nitrogen and oxygen atoms in total. The van der Waals surface area contributed by atoms with E-state index in [1.165, 1.54) is 48.5 Å². The number of nitro benzene ring substituents is 1. The molecule has 0 aliphatic heterocycles. The van der Waals surface area contributed by atoms with Crippen molar-refractivity contribution in [1.82, 2.24) is 0 Å². The third kappa shape index (κ3) is 4.91. The largest absolute Gasteiger partial charge is 0.322 e. The summed E-state index contributed by atoms with van der Waals surface area (Å²) >= 11 is 5.73. The Kier molecular flexibility index (Phi) is 5.99. The van der Waals surface area contributed by atoms with E-state index >= 15 is 0 Å². The quantitative estimate of drug-likeness (QED) is 0.426. The number of rotatable bonds is 6. The van der Waals surface area contributed by atoms with E-state index in [1.54, 1.807) is 0 Å². The smallest absolute Gasteiger partial charge is 0.288 e. The second-order valence-electron chi connectivity index (χ2n) is 6.01. The standard InChI is InChI=1S/C19H13ClFN3O5S/c20-17-10-1-12(11-18(17)24(26)27)19(25)22-14-6-8-16(9-7-14)30(28,29)23-15-4-2-13(21)3-5-15/h1-11,23H,(H,22,25). The minimum absolute atomic E-state index is 0.0146. The van der Waals surface area contributed by atoms with Crippen LogP contribution >= 0.6 is 11.6 Å². The van der Waals surface area contributed by atoms with Gasteiger partial charge >= 0.3 is 0 Å². The number of hydrogen-bond donors (Lipinski definition) is 2. The van der Waals surface area contributed by atoms with Gasteiger partial charge in [-0.15, -0.1) is 0 Å². The molecular weight excluding hydrogens is 437 g/mol. The van der Waals surface area contributed by atoms with Crippen molar-refractivity contribution in [1.29, 1.82) is 0 Å². The number of nitrogens with one attached hydrogen (secondary N) is 2. The Bertz CT molecular complexity index is 1220. The summed E-state index contributed by atoms with van der Waals surface area (Å²) in [6, 6.07) is 13.7. The number of nitrogens with zero attached hydrogens (tertiary/aromatic N) is 1. The number of carbonyl (C=O) groups excluding carboxylic acids is 1. The minimum atomic E-state index is -3.92. The molecule has 3 rings (SSSR count). The van der Waals surface area contributed by atoms with Crippen molar-refractivity contribution in [3.05, 3.63) is 93.2 Å². The Hall–Kier alpha value is -3.50. The van der Waals surface area contributed by atoms with Gasteiger partial charge < -0.3 is 5.32 Å². The molecule has 0 saturated heterocycles. The van der Waals surface area contributed by atoms with Crippen LogP contribution in [-0.4, -0.2) is 19.2 Å². The number of carbonyl (C=O) groups is 1. The van der Waals surface area contributed by atoms with E-state index in [0.29, 0.717) is 0 Å². The number of benzene rings is 3. The Morgan fingerprint density at radius 3 is 2.17 bits per heavy atom. The highest BCUT2D eigenvalue weighted by atomic mass is 35.5. The van der Waals surface area contributed by atoms with Crippen LogP contribution < -0.4 is 10.0 Å². The lowest BCUT2D eigenvalue weighted by atomic mass is 10.2. The highest BCUT2D eigenvalue weighted by molar-refractivity contribution is 7.92. The Balaban J connectivity index is 1.74. The van der Waals surface area contributed by atoms with E-state index in [-0.39, 0.29) is 26.9 Å². The van der Waals surface area contributed by atoms with E-state index in [0.717, 1.165) is 18.2 Å². The predicted molar refractivity (Wildman–Crippen MR) is 110 cm³/mol. The molecule has 0 saturated carbocycles. The molecule has 0 spiro atoms. The van der Waals surface area contributed by atoms with E-state index in [9.17, 15) is 27.7 Å². The molecule has 1 amide bonds. The lowest BCUT2D eigenvalue weighted by Crippen LogP contribution is -2.14. The molecule has 0 atom stereocenters. The number of sulfonamides is 1. The van der Waals surface area contributed by atoms with Gasteiger partial charge in [0.25, 0.3) is 21.6 Å². The van der Waals surface area contributed by atoms with Crippen molar-refractivity contribution < 1.29 is 22.5 Å². The van der Waals surface area contributed by atoms with Gasteiger partial charge in [-0.2, -0.15) is 0 Å². The molecule has 0 bridgehead atoms. The molecule has 11 heteroatoms. The highest BCUT2D eigenvalue weighted by Crippen LogP contribution is 2.26. The topological polar surface area (TPSA) is 118 Å². The van der Waals surface area contributed by atoms with E-state index in [4.69, 9.17) is 11.6 Å². The van der Waals surface area contributed by atoms with Crippen molar-refractivity contribution in [3.8, 4) is 0 Å². The summed E-state index contributed by atoms with van der Waals surface area (Å²) in [5, 5.41) is 13.4. The van der Waals surface area contributed by atoms with Crippen LogP contribution in [-0.2, 0) is 10.0 Å². The van der Waals surface area contributed by atoms with Crippen molar-refractivity contribution in [2.24, 2.45) is 0 Å². The highest BCUT2D eigenvalue weighted by Gasteiger charge is 2.17. The monoisotopic (exact) mass is 449 g/mol. The van der Waals surface area contributed by atoms with Gasteiger partial charge in [-0.05, 0) is 60.7 Å². The molecule has 154 valence electrons. The number of halogens is 2. The molecule has 0 unspecified atom stereocenters. The maximum absolute atomic E-state index is 12.9. The first-order valence-corrected chi connectivity index (χ1v) is 10.2. The summed E-state index contributed by atoms with van der Waals surface area (Å²) in [5.41, 5.74) is 0.0786. The molecule has 3 aromatic carbocycles. The fraction of sp³-hybridized carbons (Fsp3) is 0. The third-order valence-electron chi connectivity index (χ3n) is 3.92. The number of anilines is 2. The molecule has 0 fully saturated rings. The van der Waals surface area contributed by atoms with Crippen LogP contribution in [0.5, 0.6) is 0 Å². The zero-order valence-electron chi connectivity index (χ0n) is 15.0. The van der Waals surface area contributed by atoms with Crippen LogP contribution in [0.25, 0.3) is 0 Å². The molecule has 2 N–H and O–H groups in total. The summed E-state index contributed by atoms with van der Waals surface area (Å²) in [6.45, 7) is 0. The molecule has 0 aliphatic rings. The van der Waals surface area contributed by atoms with Gasteiger partial charge in [-0.1, -0.05) is 11.6 Å². The normalized spacial score (nSPS) is 11.0. The van der Waals surface area contributed by atoms with Gasteiger partial charge in [0.2, 0.25) is 0 Å². The van der Waals surface area contributed by atoms with Crippen LogP contribution in [0.4, 0.5) is 21.5 Å². The maximum atomic E-state index is 12.9. The van der Waals surface area contributed by atoms with Crippen LogP contribution in [0.2, 0.25) is 5.02 Å². The summed E-state index contributed by atoms with van der Waals surface area (Å²) < 4.78 is 40.1. The van der Waals surface area contributed by atoms with Gasteiger partial charge in [0.05, 0.1) is 9.82 Å². The van der Waals surface area contributed by atoms with Gasteiger partial charge in [0, 0.05) is 23.0 Å². The number of hydrogen-bond acceptors (Lipinski definition) is 5. The summed E-state index contributed by atoms with van der Waals surface area (Å²) in [5.74, 6) is -1.13. The van der Waals surface area contributed by atoms with Crippen LogP contribution in [0.15, 0.2) is 71.6 Å². The average molecular weight is 450 g/mol. The lowest BCUT2D eigenvalue weighted by molar-refractivity contribution is -0.384. The second kappa shape index (κ2) is 8.47. The SMILES string of the molecule is O=C(Nc1ccc(S(=O)(=O)Nc2ccc(F)cc2)cc1)c1ccc(Cl)c([N+](=O)[O-])c1. The fourth-order valence-electron chi connectivity index (χ4n) is 2.45. The molecule has 0 aliphatic carbocycles. The van der Waals surface area contributed by atoms with Crippen LogP contribution in [0.1, 0.15) is 10.4 Å². The molecule has 30 heavy (non-hydrogen) atoms. The van der Waals surface area contributed by atoms with Crippen LogP contribution in [0.3, 0.4) is 0 Å². The van der Waals surface area contributed by atoms with E-state index in [2.05, 4.69) is 10.0 Å². The minimum Gasteiger partial charge on any atom is -0.322 e. The van der Waals surface area contributed by atoms with Crippen molar-refractivity contribution in [2.75, 3.05) is 10.0 Å².